The fourth-order valence-electron chi connectivity index (χ4n) is 2.91. The van der Waals surface area contributed by atoms with E-state index in [9.17, 15) is 9.59 Å². The number of nitrogens with one attached hydrogen (secondary N) is 1. The molecule has 1 rings (SSSR count). The van der Waals surface area contributed by atoms with Gasteiger partial charge in [-0.15, -0.1) is 0 Å². The molecule has 2 unspecified atom stereocenters. The van der Waals surface area contributed by atoms with Crippen molar-refractivity contribution in [3.63, 3.8) is 0 Å². The molecule has 1 saturated heterocycles. The van der Waals surface area contributed by atoms with E-state index in [1.165, 1.54) is 7.11 Å². The molecule has 0 bridgehead atoms. The zero-order chi connectivity index (χ0) is 16.2. The van der Waals surface area contributed by atoms with Crippen LogP contribution in [0, 0.1) is 11.3 Å². The Morgan fingerprint density at radius 3 is 2.43 bits per heavy atom. The van der Waals surface area contributed by atoms with Gasteiger partial charge >= 0.3 is 0 Å². The van der Waals surface area contributed by atoms with E-state index < -0.39 is 6.04 Å². The molecule has 0 aromatic heterocycles. The number of carbonyl (C=O) groups is 2. The van der Waals surface area contributed by atoms with Crippen LogP contribution >= 0.6 is 0 Å². The smallest absolute Gasteiger partial charge is 0.246 e. The summed E-state index contributed by atoms with van der Waals surface area (Å²) in [5.74, 6) is 0.223. The minimum Gasteiger partial charge on any atom is -0.375 e. The Morgan fingerprint density at radius 1 is 1.33 bits per heavy atom. The zero-order valence-electron chi connectivity index (χ0n) is 14.2. The van der Waals surface area contributed by atoms with E-state index in [2.05, 4.69) is 19.2 Å². The third kappa shape index (κ3) is 4.70. The maximum atomic E-state index is 12.9. The molecule has 5 nitrogen and oxygen atoms in total. The number of hydrogen-bond donors (Lipinski definition) is 1. The summed E-state index contributed by atoms with van der Waals surface area (Å²) in [4.78, 5) is 26.7. The topological polar surface area (TPSA) is 58.6 Å². The second-order valence-corrected chi connectivity index (χ2v) is 7.28. The van der Waals surface area contributed by atoms with Crippen LogP contribution in [0.25, 0.3) is 0 Å². The van der Waals surface area contributed by atoms with Gasteiger partial charge in [-0.2, -0.15) is 0 Å². The van der Waals surface area contributed by atoms with E-state index in [-0.39, 0.29) is 29.9 Å². The second-order valence-electron chi connectivity index (χ2n) is 7.28. The number of rotatable bonds is 5. The number of amides is 2. The number of nitrogens with zero attached hydrogens (tertiary/aromatic N) is 1. The molecule has 122 valence electrons. The van der Waals surface area contributed by atoms with Crippen molar-refractivity contribution < 1.29 is 14.3 Å². The first-order chi connectivity index (χ1) is 9.68. The highest BCUT2D eigenvalue weighted by Crippen LogP contribution is 2.28. The van der Waals surface area contributed by atoms with Crippen LogP contribution < -0.4 is 5.32 Å². The van der Waals surface area contributed by atoms with Gasteiger partial charge in [0.25, 0.3) is 0 Å². The number of likely N-dealkylation sites (tertiary alicyclic amines) is 1. The van der Waals surface area contributed by atoms with Gasteiger partial charge < -0.3 is 15.0 Å². The standard InChI is InChI=1S/C16H30N2O3/c1-11(2)12-8-7-9-18(12)15(20)14(16(3,4)5)17-13(19)10-21-6/h11-12,14H,7-10H2,1-6H3,(H,17,19). The van der Waals surface area contributed by atoms with Gasteiger partial charge in [0, 0.05) is 19.7 Å². The SMILES string of the molecule is COCC(=O)NC(C(=O)N1CCCC1C(C)C)C(C)(C)C. The predicted octanol–water partition coefficient (Wildman–Crippen LogP) is 1.81. The van der Waals surface area contributed by atoms with Crippen molar-refractivity contribution in [1.29, 1.82) is 0 Å². The Labute approximate surface area is 128 Å². The summed E-state index contributed by atoms with van der Waals surface area (Å²) < 4.78 is 4.84. The molecule has 1 heterocycles. The highest BCUT2D eigenvalue weighted by atomic mass is 16.5. The molecule has 0 radical (unpaired) electrons. The van der Waals surface area contributed by atoms with E-state index in [1.54, 1.807) is 0 Å². The highest BCUT2D eigenvalue weighted by Gasteiger charge is 2.40. The first kappa shape index (κ1) is 18.0. The van der Waals surface area contributed by atoms with Crippen LogP contribution in [0.4, 0.5) is 0 Å². The fourth-order valence-corrected chi connectivity index (χ4v) is 2.91. The third-order valence-electron chi connectivity index (χ3n) is 4.05. The molecular weight excluding hydrogens is 268 g/mol. The van der Waals surface area contributed by atoms with E-state index in [0.29, 0.717) is 5.92 Å². The number of carbonyl (C=O) groups excluding carboxylic acids is 2. The minimum atomic E-state index is -0.514. The van der Waals surface area contributed by atoms with Crippen LogP contribution in [-0.2, 0) is 14.3 Å². The van der Waals surface area contributed by atoms with Gasteiger partial charge in [0.1, 0.15) is 12.6 Å². The number of methoxy groups -OCH3 is 1. The van der Waals surface area contributed by atoms with Crippen molar-refractivity contribution in [2.24, 2.45) is 11.3 Å². The van der Waals surface area contributed by atoms with Gasteiger partial charge in [-0.05, 0) is 24.2 Å². The van der Waals surface area contributed by atoms with Gasteiger partial charge in [-0.25, -0.2) is 0 Å². The molecule has 0 saturated carbocycles. The van der Waals surface area contributed by atoms with Crippen LogP contribution in [-0.4, -0.2) is 49.1 Å². The molecule has 0 spiro atoms. The second kappa shape index (κ2) is 7.25. The lowest BCUT2D eigenvalue weighted by Crippen LogP contribution is -2.56. The Kier molecular flexibility index (Phi) is 6.20. The lowest BCUT2D eigenvalue weighted by Gasteiger charge is -2.36. The van der Waals surface area contributed by atoms with Gasteiger partial charge in [0.2, 0.25) is 11.8 Å². The monoisotopic (exact) mass is 298 g/mol. The summed E-state index contributed by atoms with van der Waals surface area (Å²) in [7, 11) is 1.47. The van der Waals surface area contributed by atoms with Crippen LogP contribution in [0.3, 0.4) is 0 Å². The number of hydrogen-bond acceptors (Lipinski definition) is 3. The van der Waals surface area contributed by atoms with Crippen molar-refractivity contribution in [1.82, 2.24) is 10.2 Å². The lowest BCUT2D eigenvalue weighted by atomic mass is 9.85. The van der Waals surface area contributed by atoms with Gasteiger partial charge in [-0.1, -0.05) is 34.6 Å². The number of ether oxygens (including phenoxy) is 1. The first-order valence-corrected chi connectivity index (χ1v) is 7.77. The molecule has 1 aliphatic rings. The van der Waals surface area contributed by atoms with Crippen molar-refractivity contribution in [2.75, 3.05) is 20.3 Å². The Hall–Kier alpha value is -1.10. The zero-order valence-corrected chi connectivity index (χ0v) is 14.2. The Bertz CT molecular complexity index is 374. The van der Waals surface area contributed by atoms with E-state index in [0.717, 1.165) is 19.4 Å². The largest absolute Gasteiger partial charge is 0.375 e. The first-order valence-electron chi connectivity index (χ1n) is 7.77. The molecule has 1 fully saturated rings. The third-order valence-corrected chi connectivity index (χ3v) is 4.05. The molecule has 2 atom stereocenters. The van der Waals surface area contributed by atoms with Crippen LogP contribution in [0.5, 0.6) is 0 Å². The molecule has 1 N–H and O–H groups in total. The summed E-state index contributed by atoms with van der Waals surface area (Å²) in [6, 6.07) is -0.235. The van der Waals surface area contributed by atoms with Crippen molar-refractivity contribution in [2.45, 2.75) is 59.5 Å². The van der Waals surface area contributed by atoms with E-state index in [1.807, 2.05) is 25.7 Å². The summed E-state index contributed by atoms with van der Waals surface area (Å²) in [6.07, 6.45) is 2.09. The molecule has 21 heavy (non-hydrogen) atoms. The van der Waals surface area contributed by atoms with Gasteiger partial charge in [-0.3, -0.25) is 9.59 Å². The lowest BCUT2D eigenvalue weighted by molar-refractivity contribution is -0.141. The normalized spacial score (nSPS) is 20.7. The average Bonchev–Trinajstić information content (AvgIpc) is 2.83. The highest BCUT2D eigenvalue weighted by molar-refractivity contribution is 5.89. The summed E-state index contributed by atoms with van der Waals surface area (Å²) in [5, 5.41) is 2.84. The molecule has 0 aromatic carbocycles. The van der Waals surface area contributed by atoms with Crippen molar-refractivity contribution >= 4 is 11.8 Å². The quantitative estimate of drug-likeness (QED) is 0.842. The molecule has 2 amide bonds. The van der Waals surface area contributed by atoms with Crippen LogP contribution in [0.1, 0.15) is 47.5 Å². The summed E-state index contributed by atoms with van der Waals surface area (Å²) in [5.41, 5.74) is -0.329. The molecule has 0 aliphatic carbocycles. The molecule has 1 aliphatic heterocycles. The predicted molar refractivity (Wildman–Crippen MR) is 82.8 cm³/mol. The maximum absolute atomic E-state index is 12.9. The Morgan fingerprint density at radius 2 is 1.95 bits per heavy atom. The maximum Gasteiger partial charge on any atom is 0.246 e. The van der Waals surface area contributed by atoms with Gasteiger partial charge in [0.05, 0.1) is 0 Å². The molecular formula is C16H30N2O3. The summed E-state index contributed by atoms with van der Waals surface area (Å²) in [6.45, 7) is 11.0. The van der Waals surface area contributed by atoms with E-state index >= 15 is 0 Å². The molecule has 5 heteroatoms. The summed E-state index contributed by atoms with van der Waals surface area (Å²) >= 11 is 0. The van der Waals surface area contributed by atoms with Gasteiger partial charge in [0.15, 0.2) is 0 Å². The van der Waals surface area contributed by atoms with Crippen molar-refractivity contribution in [3.05, 3.63) is 0 Å². The molecule has 0 aromatic rings. The van der Waals surface area contributed by atoms with Crippen LogP contribution in [0.15, 0.2) is 0 Å². The van der Waals surface area contributed by atoms with E-state index in [4.69, 9.17) is 4.74 Å². The minimum absolute atomic E-state index is 0.0204. The van der Waals surface area contributed by atoms with Crippen molar-refractivity contribution in [3.8, 4) is 0 Å². The fraction of sp³-hybridized carbons (Fsp3) is 0.875. The average molecular weight is 298 g/mol. The van der Waals surface area contributed by atoms with Crippen LogP contribution in [0.2, 0.25) is 0 Å². The Balaban J connectivity index is 2.88.